The first-order valence-electron chi connectivity index (χ1n) is 4.95. The van der Waals surface area contributed by atoms with Crippen LogP contribution in [0.5, 0.6) is 0 Å². The molecular weight excluding hydrogens is 174 g/mol. The maximum Gasteiger partial charge on any atom is 0.180 e. The van der Waals surface area contributed by atoms with E-state index in [0.717, 1.165) is 5.56 Å². The third-order valence-electron chi connectivity index (χ3n) is 2.24. The van der Waals surface area contributed by atoms with Crippen LogP contribution in [0.15, 0.2) is 18.3 Å². The molecule has 1 rings (SSSR count). The SMILES string of the molecule is CCC(=O)c1ccc(C(C)(C)C)cn1. The average Bonchev–Trinajstić information content (AvgIpc) is 2.15. The molecule has 0 fully saturated rings. The van der Waals surface area contributed by atoms with Crippen LogP contribution in [0.1, 0.15) is 50.2 Å². The zero-order valence-electron chi connectivity index (χ0n) is 9.29. The van der Waals surface area contributed by atoms with E-state index in [4.69, 9.17) is 0 Å². The molecule has 2 nitrogen and oxygen atoms in total. The van der Waals surface area contributed by atoms with Gasteiger partial charge in [0.15, 0.2) is 5.78 Å². The Hall–Kier alpha value is -1.18. The molecule has 1 heterocycles. The Kier molecular flexibility index (Phi) is 3.04. The molecule has 0 saturated heterocycles. The first kappa shape index (κ1) is 10.9. The second kappa shape index (κ2) is 3.91. The maximum atomic E-state index is 11.3. The average molecular weight is 191 g/mol. The van der Waals surface area contributed by atoms with Crippen LogP contribution in [0.25, 0.3) is 0 Å². The van der Waals surface area contributed by atoms with Gasteiger partial charge >= 0.3 is 0 Å². The number of carbonyl (C=O) groups is 1. The normalized spacial score (nSPS) is 11.4. The summed E-state index contributed by atoms with van der Waals surface area (Å²) >= 11 is 0. The lowest BCUT2D eigenvalue weighted by atomic mass is 9.88. The van der Waals surface area contributed by atoms with E-state index in [2.05, 4.69) is 25.8 Å². The molecule has 0 saturated carbocycles. The number of hydrogen-bond acceptors (Lipinski definition) is 2. The first-order chi connectivity index (χ1) is 6.45. The van der Waals surface area contributed by atoms with Crippen LogP contribution in [0.2, 0.25) is 0 Å². The third-order valence-corrected chi connectivity index (χ3v) is 2.24. The summed E-state index contributed by atoms with van der Waals surface area (Å²) in [6, 6.07) is 3.79. The van der Waals surface area contributed by atoms with Gasteiger partial charge in [-0.3, -0.25) is 9.78 Å². The number of pyridine rings is 1. The third kappa shape index (κ3) is 2.41. The number of rotatable bonds is 2. The quantitative estimate of drug-likeness (QED) is 0.673. The van der Waals surface area contributed by atoms with Crippen molar-refractivity contribution in [1.29, 1.82) is 0 Å². The van der Waals surface area contributed by atoms with Crippen molar-refractivity contribution in [3.05, 3.63) is 29.6 Å². The van der Waals surface area contributed by atoms with Crippen LogP contribution >= 0.6 is 0 Å². The van der Waals surface area contributed by atoms with Crippen molar-refractivity contribution >= 4 is 5.78 Å². The van der Waals surface area contributed by atoms with Crippen molar-refractivity contribution in [2.45, 2.75) is 39.5 Å². The summed E-state index contributed by atoms with van der Waals surface area (Å²) in [5, 5.41) is 0. The van der Waals surface area contributed by atoms with E-state index in [0.29, 0.717) is 12.1 Å². The fourth-order valence-corrected chi connectivity index (χ4v) is 1.18. The Morgan fingerprint density at radius 1 is 1.36 bits per heavy atom. The van der Waals surface area contributed by atoms with Crippen molar-refractivity contribution in [1.82, 2.24) is 4.98 Å². The van der Waals surface area contributed by atoms with Gasteiger partial charge < -0.3 is 0 Å². The molecule has 2 heteroatoms. The van der Waals surface area contributed by atoms with Gasteiger partial charge in [-0.05, 0) is 17.0 Å². The largest absolute Gasteiger partial charge is 0.292 e. The topological polar surface area (TPSA) is 30.0 Å². The smallest absolute Gasteiger partial charge is 0.180 e. The lowest BCUT2D eigenvalue weighted by molar-refractivity contribution is 0.0983. The van der Waals surface area contributed by atoms with Crippen molar-refractivity contribution in [3.63, 3.8) is 0 Å². The van der Waals surface area contributed by atoms with Gasteiger partial charge in [-0.25, -0.2) is 0 Å². The second-order valence-electron chi connectivity index (χ2n) is 4.46. The van der Waals surface area contributed by atoms with E-state index < -0.39 is 0 Å². The Balaban J connectivity index is 2.95. The van der Waals surface area contributed by atoms with Gasteiger partial charge in [0.25, 0.3) is 0 Å². The molecule has 0 aromatic carbocycles. The van der Waals surface area contributed by atoms with Gasteiger partial charge in [-0.15, -0.1) is 0 Å². The van der Waals surface area contributed by atoms with Crippen LogP contribution in [-0.4, -0.2) is 10.8 Å². The predicted octanol–water partition coefficient (Wildman–Crippen LogP) is 2.97. The zero-order valence-corrected chi connectivity index (χ0v) is 9.29. The van der Waals surface area contributed by atoms with Crippen molar-refractivity contribution < 1.29 is 4.79 Å². The Bertz CT molecular complexity index is 319. The van der Waals surface area contributed by atoms with Gasteiger partial charge in [0.2, 0.25) is 0 Å². The van der Waals surface area contributed by atoms with Crippen LogP contribution in [0, 0.1) is 0 Å². The van der Waals surface area contributed by atoms with E-state index in [1.54, 1.807) is 6.20 Å². The van der Waals surface area contributed by atoms with Crippen LogP contribution in [0.4, 0.5) is 0 Å². The first-order valence-corrected chi connectivity index (χ1v) is 4.95. The van der Waals surface area contributed by atoms with E-state index in [-0.39, 0.29) is 11.2 Å². The zero-order chi connectivity index (χ0) is 10.8. The highest BCUT2D eigenvalue weighted by atomic mass is 16.1. The number of carbonyl (C=O) groups excluding carboxylic acids is 1. The molecule has 0 unspecified atom stereocenters. The van der Waals surface area contributed by atoms with Gasteiger partial charge in [0.05, 0.1) is 0 Å². The summed E-state index contributed by atoms with van der Waals surface area (Å²) in [5.74, 6) is 0.102. The van der Waals surface area contributed by atoms with Crippen molar-refractivity contribution in [2.24, 2.45) is 0 Å². The maximum absolute atomic E-state index is 11.3. The molecule has 14 heavy (non-hydrogen) atoms. The summed E-state index contributed by atoms with van der Waals surface area (Å²) in [6.07, 6.45) is 2.31. The highest BCUT2D eigenvalue weighted by Gasteiger charge is 2.14. The molecule has 0 bridgehead atoms. The van der Waals surface area contributed by atoms with Crippen LogP contribution in [0.3, 0.4) is 0 Å². The van der Waals surface area contributed by atoms with E-state index in [9.17, 15) is 4.79 Å². The molecule has 0 aliphatic heterocycles. The van der Waals surface area contributed by atoms with Crippen molar-refractivity contribution in [3.8, 4) is 0 Å². The highest BCUT2D eigenvalue weighted by Crippen LogP contribution is 2.21. The predicted molar refractivity (Wildman–Crippen MR) is 57.6 cm³/mol. The Morgan fingerprint density at radius 2 is 2.00 bits per heavy atom. The van der Waals surface area contributed by atoms with E-state index in [1.165, 1.54) is 0 Å². The summed E-state index contributed by atoms with van der Waals surface area (Å²) in [7, 11) is 0. The minimum atomic E-state index is 0.0980. The Labute approximate surface area is 85.4 Å². The van der Waals surface area contributed by atoms with Gasteiger partial charge in [-0.2, -0.15) is 0 Å². The van der Waals surface area contributed by atoms with Crippen LogP contribution < -0.4 is 0 Å². The van der Waals surface area contributed by atoms with Gasteiger partial charge in [-0.1, -0.05) is 33.8 Å². The summed E-state index contributed by atoms with van der Waals surface area (Å²) in [6.45, 7) is 8.24. The number of nitrogens with zero attached hydrogens (tertiary/aromatic N) is 1. The number of aromatic nitrogens is 1. The molecule has 0 atom stereocenters. The van der Waals surface area contributed by atoms with Crippen LogP contribution in [-0.2, 0) is 5.41 Å². The summed E-state index contributed by atoms with van der Waals surface area (Å²) in [5.41, 5.74) is 1.83. The standard InChI is InChI=1S/C12H17NO/c1-5-11(14)10-7-6-9(8-13-10)12(2,3)4/h6-8H,5H2,1-4H3. The molecule has 76 valence electrons. The molecular formula is C12H17NO. The summed E-state index contributed by atoms with van der Waals surface area (Å²) < 4.78 is 0. The fourth-order valence-electron chi connectivity index (χ4n) is 1.18. The number of ketones is 1. The lowest BCUT2D eigenvalue weighted by Crippen LogP contribution is -2.12. The number of hydrogen-bond donors (Lipinski definition) is 0. The lowest BCUT2D eigenvalue weighted by Gasteiger charge is -2.18. The molecule has 1 aromatic rings. The monoisotopic (exact) mass is 191 g/mol. The molecule has 0 amide bonds. The molecule has 0 aliphatic rings. The van der Waals surface area contributed by atoms with Gasteiger partial charge in [0.1, 0.15) is 5.69 Å². The van der Waals surface area contributed by atoms with E-state index in [1.807, 2.05) is 19.1 Å². The van der Waals surface area contributed by atoms with Crippen molar-refractivity contribution in [2.75, 3.05) is 0 Å². The highest BCUT2D eigenvalue weighted by molar-refractivity contribution is 5.93. The molecule has 0 N–H and O–H groups in total. The molecule has 0 aliphatic carbocycles. The molecule has 0 spiro atoms. The summed E-state index contributed by atoms with van der Waals surface area (Å²) in [4.78, 5) is 15.5. The Morgan fingerprint density at radius 3 is 2.36 bits per heavy atom. The molecule has 0 radical (unpaired) electrons. The van der Waals surface area contributed by atoms with Gasteiger partial charge in [0, 0.05) is 12.6 Å². The second-order valence-corrected chi connectivity index (χ2v) is 4.46. The van der Waals surface area contributed by atoms with E-state index >= 15 is 0 Å². The fraction of sp³-hybridized carbons (Fsp3) is 0.500. The molecule has 1 aromatic heterocycles. The minimum absolute atomic E-state index is 0.0980. The number of Topliss-reactive ketones (excluding diaryl/α,β-unsaturated/α-hetero) is 1. The minimum Gasteiger partial charge on any atom is -0.292 e.